The average Bonchev–Trinajstić information content (AvgIpc) is 2.24. The highest BCUT2D eigenvalue weighted by molar-refractivity contribution is 7.86. The molecule has 0 atom stereocenters. The number of nitrogens with zero attached hydrogens (tertiary/aromatic N) is 2. The first-order valence-electron chi connectivity index (χ1n) is 5.49. The molecule has 0 saturated heterocycles. The molecule has 0 aliphatic heterocycles. The van der Waals surface area contributed by atoms with Gasteiger partial charge in [-0.1, -0.05) is 0 Å². The summed E-state index contributed by atoms with van der Waals surface area (Å²) in [5.41, 5.74) is -1.40. The molecule has 1 aromatic heterocycles. The van der Waals surface area contributed by atoms with Gasteiger partial charge in [-0.2, -0.15) is 16.8 Å². The number of hydrogen-bond acceptors (Lipinski definition) is 6. The van der Waals surface area contributed by atoms with Crippen molar-refractivity contribution in [2.75, 3.05) is 0 Å². The van der Waals surface area contributed by atoms with Crippen LogP contribution < -0.4 is 0 Å². The number of rotatable bonds is 3. The van der Waals surface area contributed by atoms with E-state index in [1.165, 1.54) is 20.8 Å². The Bertz CT molecular complexity index is 789. The SMILES string of the molecule is CC(C)(C)[N+]([O-])=Cc1cc(S(=O)(=O)O)cnc1S(=O)(=O)O. The van der Waals surface area contributed by atoms with E-state index in [0.29, 0.717) is 10.9 Å². The van der Waals surface area contributed by atoms with Gasteiger partial charge in [0.2, 0.25) is 0 Å². The van der Waals surface area contributed by atoms with E-state index in [9.17, 15) is 22.0 Å². The molecule has 0 aliphatic rings. The lowest BCUT2D eigenvalue weighted by atomic mass is 10.1. The average molecular weight is 338 g/mol. The molecule has 0 saturated carbocycles. The van der Waals surface area contributed by atoms with Gasteiger partial charge in [-0.3, -0.25) is 9.11 Å². The standard InChI is InChI=1S/C10H14N2O7S2/c1-10(2,3)12(13)6-7-4-8(20(14,15)16)5-11-9(7)21(17,18)19/h4-6H,1-3H3,(H,14,15,16)(H,17,18,19). The maximum Gasteiger partial charge on any atom is 0.312 e. The Morgan fingerprint density at radius 2 is 1.71 bits per heavy atom. The van der Waals surface area contributed by atoms with Crippen molar-refractivity contribution in [2.24, 2.45) is 0 Å². The van der Waals surface area contributed by atoms with Gasteiger partial charge < -0.3 is 5.21 Å². The molecule has 1 rings (SSSR count). The van der Waals surface area contributed by atoms with Crippen molar-refractivity contribution in [3.63, 3.8) is 0 Å². The molecule has 2 N–H and O–H groups in total. The molecule has 0 aromatic carbocycles. The molecular weight excluding hydrogens is 324 g/mol. The molecule has 11 heteroatoms. The second kappa shape index (κ2) is 5.33. The molecule has 21 heavy (non-hydrogen) atoms. The van der Waals surface area contributed by atoms with E-state index in [4.69, 9.17) is 9.11 Å². The summed E-state index contributed by atoms with van der Waals surface area (Å²) in [6, 6.07) is 0.724. The molecule has 1 aromatic rings. The molecule has 118 valence electrons. The highest BCUT2D eigenvalue weighted by Crippen LogP contribution is 2.17. The quantitative estimate of drug-likeness (QED) is 0.263. The normalized spacial score (nSPS) is 14.2. The van der Waals surface area contributed by atoms with Crippen LogP contribution in [-0.4, -0.2) is 47.4 Å². The van der Waals surface area contributed by atoms with Crippen molar-refractivity contribution in [1.82, 2.24) is 4.98 Å². The lowest BCUT2D eigenvalue weighted by Gasteiger charge is -2.18. The van der Waals surface area contributed by atoms with Crippen LogP contribution in [0.5, 0.6) is 0 Å². The Morgan fingerprint density at radius 1 is 1.19 bits per heavy atom. The summed E-state index contributed by atoms with van der Waals surface area (Å²) in [5.74, 6) is 0. The van der Waals surface area contributed by atoms with E-state index in [-0.39, 0.29) is 0 Å². The fourth-order valence-corrected chi connectivity index (χ4v) is 2.28. The van der Waals surface area contributed by atoms with E-state index >= 15 is 0 Å². The summed E-state index contributed by atoms with van der Waals surface area (Å²) in [6.45, 7) is 4.59. The molecule has 0 amide bonds. The minimum atomic E-state index is -4.77. The molecule has 0 unspecified atom stereocenters. The summed E-state index contributed by atoms with van der Waals surface area (Å²) in [4.78, 5) is 2.57. The van der Waals surface area contributed by atoms with Crippen molar-refractivity contribution in [3.05, 3.63) is 23.0 Å². The predicted octanol–water partition coefficient (Wildman–Crippen LogP) is 0.303. The molecule has 1 heterocycles. The summed E-state index contributed by atoms with van der Waals surface area (Å²) in [7, 11) is -9.41. The molecule has 0 aliphatic carbocycles. The van der Waals surface area contributed by atoms with Gasteiger partial charge in [0.05, 0.1) is 5.56 Å². The summed E-state index contributed by atoms with van der Waals surface area (Å²) in [6.07, 6.45) is 1.33. The van der Waals surface area contributed by atoms with Gasteiger partial charge in [0.15, 0.2) is 16.8 Å². The van der Waals surface area contributed by atoms with Crippen molar-refractivity contribution in [1.29, 1.82) is 0 Å². The van der Waals surface area contributed by atoms with Crippen molar-refractivity contribution in [3.8, 4) is 0 Å². The van der Waals surface area contributed by atoms with Gasteiger partial charge in [0, 0.05) is 27.0 Å². The zero-order valence-electron chi connectivity index (χ0n) is 11.4. The van der Waals surface area contributed by atoms with E-state index in [0.717, 1.165) is 12.3 Å². The fraction of sp³-hybridized carbons (Fsp3) is 0.400. The summed E-state index contributed by atoms with van der Waals surface area (Å²) >= 11 is 0. The number of hydroxylamine groups is 1. The lowest BCUT2D eigenvalue weighted by molar-refractivity contribution is -0.530. The van der Waals surface area contributed by atoms with E-state index in [1.807, 2.05) is 0 Å². The van der Waals surface area contributed by atoms with E-state index in [2.05, 4.69) is 4.98 Å². The Balaban J connectivity index is 3.67. The van der Waals surface area contributed by atoms with Gasteiger partial charge >= 0.3 is 10.1 Å². The molecule has 0 bridgehead atoms. The highest BCUT2D eigenvalue weighted by Gasteiger charge is 2.24. The van der Waals surface area contributed by atoms with Crippen LogP contribution in [0.1, 0.15) is 26.3 Å². The molecular formula is C10H14N2O7S2. The smallest absolute Gasteiger partial charge is 0.312 e. The van der Waals surface area contributed by atoms with Gasteiger partial charge in [-0.25, -0.2) is 9.72 Å². The van der Waals surface area contributed by atoms with Crippen LogP contribution >= 0.6 is 0 Å². The fourth-order valence-electron chi connectivity index (χ4n) is 1.22. The van der Waals surface area contributed by atoms with Crippen molar-refractivity contribution >= 4 is 26.5 Å². The van der Waals surface area contributed by atoms with E-state index < -0.39 is 41.3 Å². The largest absolute Gasteiger partial charge is 0.623 e. The van der Waals surface area contributed by atoms with Gasteiger partial charge in [0.1, 0.15) is 4.90 Å². The highest BCUT2D eigenvalue weighted by atomic mass is 32.2. The first-order valence-corrected chi connectivity index (χ1v) is 8.37. The molecule has 0 spiro atoms. The molecule has 0 fully saturated rings. The Labute approximate surface area is 122 Å². The monoisotopic (exact) mass is 338 g/mol. The van der Waals surface area contributed by atoms with Gasteiger partial charge in [0.25, 0.3) is 10.1 Å². The topological polar surface area (TPSA) is 148 Å². The molecule has 9 nitrogen and oxygen atoms in total. The second-order valence-electron chi connectivity index (χ2n) is 5.14. The summed E-state index contributed by atoms with van der Waals surface area (Å²) in [5, 5.41) is 10.9. The Kier molecular flexibility index (Phi) is 4.44. The maximum atomic E-state index is 11.8. The maximum absolute atomic E-state index is 11.8. The number of hydrogen-bond donors (Lipinski definition) is 2. The van der Waals surface area contributed by atoms with Gasteiger partial charge in [-0.15, -0.1) is 0 Å². The van der Waals surface area contributed by atoms with Crippen LogP contribution in [0.4, 0.5) is 0 Å². The van der Waals surface area contributed by atoms with Crippen molar-refractivity contribution < 1.29 is 30.7 Å². The Morgan fingerprint density at radius 3 is 2.10 bits per heavy atom. The summed E-state index contributed by atoms with van der Waals surface area (Å²) < 4.78 is 62.7. The zero-order chi connectivity index (χ0) is 16.6. The van der Waals surface area contributed by atoms with Crippen molar-refractivity contribution in [2.45, 2.75) is 36.2 Å². The lowest BCUT2D eigenvalue weighted by Crippen LogP contribution is -2.29. The second-order valence-corrected chi connectivity index (χ2v) is 7.90. The van der Waals surface area contributed by atoms with Gasteiger partial charge in [-0.05, 0) is 6.07 Å². The zero-order valence-corrected chi connectivity index (χ0v) is 13.0. The molecule has 0 radical (unpaired) electrons. The van der Waals surface area contributed by atoms with Crippen LogP contribution in [0.15, 0.2) is 22.2 Å². The number of aromatic nitrogens is 1. The first kappa shape index (κ1) is 17.5. The minimum Gasteiger partial charge on any atom is -0.623 e. The third kappa shape index (κ3) is 4.46. The third-order valence-corrected chi connectivity index (χ3v) is 3.96. The third-order valence-electron chi connectivity index (χ3n) is 2.31. The number of pyridine rings is 1. The van der Waals surface area contributed by atoms with Crippen LogP contribution in [0.25, 0.3) is 0 Å². The minimum absolute atomic E-state index is 0.368. The van der Waals surface area contributed by atoms with Crippen LogP contribution in [-0.2, 0) is 20.2 Å². The van der Waals surface area contributed by atoms with Crippen LogP contribution in [0.2, 0.25) is 0 Å². The van der Waals surface area contributed by atoms with E-state index in [1.54, 1.807) is 0 Å². The van der Waals surface area contributed by atoms with Crippen LogP contribution in [0.3, 0.4) is 0 Å². The predicted molar refractivity (Wildman–Crippen MR) is 72.4 cm³/mol. The van der Waals surface area contributed by atoms with Crippen LogP contribution in [0, 0.1) is 5.21 Å². The Hall–Kier alpha value is -1.56. The first-order chi connectivity index (χ1) is 9.23.